The second-order valence-corrected chi connectivity index (χ2v) is 12.7. The van der Waals surface area contributed by atoms with Gasteiger partial charge in [-0.1, -0.05) is 60.8 Å². The van der Waals surface area contributed by atoms with Crippen molar-refractivity contribution in [3.05, 3.63) is 87.9 Å². The van der Waals surface area contributed by atoms with Gasteiger partial charge < -0.3 is 15.0 Å². The minimum Gasteiger partial charge on any atom is -0.497 e. The van der Waals surface area contributed by atoms with E-state index in [-0.39, 0.29) is 29.8 Å². The topological polar surface area (TPSA) is 96.0 Å². The first kappa shape index (κ1) is 33.2. The smallest absolute Gasteiger partial charge is 0.264 e. The predicted octanol–water partition coefficient (Wildman–Crippen LogP) is 6.23. The van der Waals surface area contributed by atoms with E-state index in [0.29, 0.717) is 33.5 Å². The van der Waals surface area contributed by atoms with E-state index in [4.69, 9.17) is 27.9 Å². The number of hydrogen-bond acceptors (Lipinski definition) is 5. The molecule has 8 nitrogen and oxygen atoms in total. The number of carbonyl (C=O) groups is 2. The van der Waals surface area contributed by atoms with Crippen LogP contribution in [0.2, 0.25) is 10.0 Å². The Morgan fingerprint density at radius 2 is 1.52 bits per heavy atom. The van der Waals surface area contributed by atoms with Crippen LogP contribution in [-0.2, 0) is 26.2 Å². The van der Waals surface area contributed by atoms with Gasteiger partial charge in [-0.2, -0.15) is 0 Å². The van der Waals surface area contributed by atoms with Crippen molar-refractivity contribution in [2.24, 2.45) is 0 Å². The molecule has 0 radical (unpaired) electrons. The fourth-order valence-corrected chi connectivity index (χ4v) is 6.26. The Morgan fingerprint density at radius 3 is 2.05 bits per heavy atom. The molecule has 226 valence electrons. The third-order valence-electron chi connectivity index (χ3n) is 7.03. The quantitative estimate of drug-likeness (QED) is 0.241. The van der Waals surface area contributed by atoms with Crippen molar-refractivity contribution in [3.8, 4) is 5.75 Å². The number of ether oxygens (including phenoxy) is 1. The first-order valence-corrected chi connectivity index (χ1v) is 15.9. The molecule has 3 aromatic carbocycles. The molecule has 0 bridgehead atoms. The third kappa shape index (κ3) is 7.96. The van der Waals surface area contributed by atoms with Gasteiger partial charge in [0.15, 0.2) is 0 Å². The number of nitrogens with one attached hydrogen (secondary N) is 1. The lowest BCUT2D eigenvalue weighted by molar-refractivity contribution is -0.140. The first-order valence-electron chi connectivity index (χ1n) is 13.7. The van der Waals surface area contributed by atoms with Crippen molar-refractivity contribution in [1.29, 1.82) is 0 Å². The number of benzene rings is 3. The van der Waals surface area contributed by atoms with E-state index in [0.717, 1.165) is 9.87 Å². The normalized spacial score (nSPS) is 12.7. The average Bonchev–Trinajstić information content (AvgIpc) is 2.97. The lowest BCUT2D eigenvalue weighted by Gasteiger charge is -2.34. The second-order valence-electron chi connectivity index (χ2n) is 9.99. The molecule has 0 heterocycles. The van der Waals surface area contributed by atoms with Gasteiger partial charge >= 0.3 is 0 Å². The Balaban J connectivity index is 2.09. The van der Waals surface area contributed by atoms with Gasteiger partial charge in [0.25, 0.3) is 10.0 Å². The molecule has 1 N–H and O–H groups in total. The Labute approximate surface area is 258 Å². The zero-order valence-corrected chi connectivity index (χ0v) is 26.8. The molecule has 11 heteroatoms. The summed E-state index contributed by atoms with van der Waals surface area (Å²) >= 11 is 12.9. The molecular formula is C31H37Cl2N3O5S. The summed E-state index contributed by atoms with van der Waals surface area (Å²) in [7, 11) is -2.72. The van der Waals surface area contributed by atoms with E-state index in [2.05, 4.69) is 5.32 Å². The van der Waals surface area contributed by atoms with Crippen LogP contribution in [0.25, 0.3) is 0 Å². The van der Waals surface area contributed by atoms with Gasteiger partial charge in [0.05, 0.1) is 17.7 Å². The molecule has 0 aliphatic rings. The van der Waals surface area contributed by atoms with Gasteiger partial charge in [-0.05, 0) is 75.2 Å². The summed E-state index contributed by atoms with van der Waals surface area (Å²) in [5, 5.41) is 3.61. The van der Waals surface area contributed by atoms with Crippen LogP contribution in [0.15, 0.2) is 71.6 Å². The zero-order chi connectivity index (χ0) is 31.0. The maximum absolute atomic E-state index is 14.2. The highest BCUT2D eigenvalue weighted by Gasteiger charge is 2.34. The van der Waals surface area contributed by atoms with Gasteiger partial charge in [-0.3, -0.25) is 13.9 Å². The number of methoxy groups -OCH3 is 1. The number of nitrogens with zero attached hydrogens (tertiary/aromatic N) is 2. The lowest BCUT2D eigenvalue weighted by atomic mass is 10.1. The van der Waals surface area contributed by atoms with Crippen LogP contribution < -0.4 is 14.4 Å². The Hall–Kier alpha value is -3.27. The third-order valence-corrected chi connectivity index (χ3v) is 9.52. The van der Waals surface area contributed by atoms with Crippen molar-refractivity contribution in [3.63, 3.8) is 0 Å². The van der Waals surface area contributed by atoms with Crippen LogP contribution >= 0.6 is 23.2 Å². The lowest BCUT2D eigenvalue weighted by Crippen LogP contribution is -2.53. The van der Waals surface area contributed by atoms with E-state index in [1.807, 2.05) is 20.8 Å². The molecule has 3 rings (SSSR count). The summed E-state index contributed by atoms with van der Waals surface area (Å²) in [6, 6.07) is 16.7. The van der Waals surface area contributed by atoms with Gasteiger partial charge in [-0.15, -0.1) is 0 Å². The molecule has 2 amide bonds. The minimum absolute atomic E-state index is 0.0149. The number of aryl methyl sites for hydroxylation is 1. The maximum Gasteiger partial charge on any atom is 0.264 e. The number of rotatable bonds is 13. The molecule has 0 aliphatic heterocycles. The molecule has 42 heavy (non-hydrogen) atoms. The monoisotopic (exact) mass is 633 g/mol. The van der Waals surface area contributed by atoms with Crippen LogP contribution in [0, 0.1) is 6.92 Å². The SMILES string of the molecule is CCC(C)NC(=O)C(CC)N(Cc1c(Cl)cccc1Cl)C(=O)CN(c1ccc(C)cc1)S(=O)(=O)c1ccc(OC)cc1. The van der Waals surface area contributed by atoms with Crippen LogP contribution in [0.4, 0.5) is 5.69 Å². The number of halogens is 2. The number of sulfonamides is 1. The number of hydrogen-bond donors (Lipinski definition) is 1. The molecule has 3 aromatic rings. The Bertz CT molecular complexity index is 1460. The maximum atomic E-state index is 14.2. The first-order chi connectivity index (χ1) is 19.9. The molecule has 2 unspecified atom stereocenters. The summed E-state index contributed by atoms with van der Waals surface area (Å²) in [6.45, 7) is 6.85. The van der Waals surface area contributed by atoms with Crippen molar-refractivity contribution in [1.82, 2.24) is 10.2 Å². The molecule has 0 aliphatic carbocycles. The van der Waals surface area contributed by atoms with Gasteiger partial charge in [0.2, 0.25) is 11.8 Å². The molecule has 0 fully saturated rings. The Kier molecular flexibility index (Phi) is 11.7. The number of carbonyl (C=O) groups excluding carboxylic acids is 2. The summed E-state index contributed by atoms with van der Waals surface area (Å²) in [5.41, 5.74) is 1.69. The molecule has 0 spiro atoms. The molecule has 2 atom stereocenters. The van der Waals surface area contributed by atoms with E-state index in [1.54, 1.807) is 61.5 Å². The molecule has 0 saturated heterocycles. The molecule has 0 saturated carbocycles. The summed E-state index contributed by atoms with van der Waals surface area (Å²) in [6.07, 6.45) is 0.986. The summed E-state index contributed by atoms with van der Waals surface area (Å²) < 4.78 is 34.2. The van der Waals surface area contributed by atoms with Crippen molar-refractivity contribution < 1.29 is 22.7 Å². The highest BCUT2D eigenvalue weighted by atomic mass is 35.5. The number of anilines is 1. The van der Waals surface area contributed by atoms with Gasteiger partial charge in [-0.25, -0.2) is 8.42 Å². The zero-order valence-electron chi connectivity index (χ0n) is 24.4. The highest BCUT2D eigenvalue weighted by molar-refractivity contribution is 7.92. The van der Waals surface area contributed by atoms with Crippen LogP contribution in [0.3, 0.4) is 0 Å². The van der Waals surface area contributed by atoms with Crippen LogP contribution in [-0.4, -0.2) is 50.9 Å². The molecular weight excluding hydrogens is 597 g/mol. The average molecular weight is 635 g/mol. The van der Waals surface area contributed by atoms with Crippen molar-refractivity contribution in [2.45, 2.75) is 64.1 Å². The van der Waals surface area contributed by atoms with E-state index in [1.165, 1.54) is 24.1 Å². The predicted molar refractivity (Wildman–Crippen MR) is 168 cm³/mol. The summed E-state index contributed by atoms with van der Waals surface area (Å²) in [4.78, 5) is 28.9. The molecule has 0 aromatic heterocycles. The van der Waals surface area contributed by atoms with Crippen LogP contribution in [0.1, 0.15) is 44.7 Å². The largest absolute Gasteiger partial charge is 0.497 e. The van der Waals surface area contributed by atoms with Gasteiger partial charge in [0, 0.05) is 28.2 Å². The Morgan fingerprint density at radius 1 is 0.929 bits per heavy atom. The van der Waals surface area contributed by atoms with Crippen LogP contribution in [0.5, 0.6) is 5.75 Å². The second kappa shape index (κ2) is 14.8. The standard InChI is InChI=1S/C31H37Cl2N3O5S/c1-6-22(4)34-31(38)29(7-2)35(19-26-27(32)9-8-10-28(26)33)30(37)20-36(23-13-11-21(3)12-14-23)42(39,40)25-17-15-24(41-5)16-18-25/h8-18,22,29H,6-7,19-20H2,1-5H3,(H,34,38). The summed E-state index contributed by atoms with van der Waals surface area (Å²) in [5.74, 6) is -0.439. The minimum atomic E-state index is -4.21. The van der Waals surface area contributed by atoms with Gasteiger partial charge in [0.1, 0.15) is 18.3 Å². The van der Waals surface area contributed by atoms with E-state index in [9.17, 15) is 18.0 Å². The van der Waals surface area contributed by atoms with E-state index >= 15 is 0 Å². The highest BCUT2D eigenvalue weighted by Crippen LogP contribution is 2.29. The fourth-order valence-electron chi connectivity index (χ4n) is 4.33. The fraction of sp³-hybridized carbons (Fsp3) is 0.355. The number of amides is 2. The van der Waals surface area contributed by atoms with Crippen molar-refractivity contribution in [2.75, 3.05) is 18.0 Å². The van der Waals surface area contributed by atoms with E-state index < -0.39 is 28.5 Å². The van der Waals surface area contributed by atoms with Crippen molar-refractivity contribution >= 4 is 50.7 Å².